The van der Waals surface area contributed by atoms with Crippen LogP contribution in [0.3, 0.4) is 0 Å². The first-order valence-corrected chi connectivity index (χ1v) is 5.59. The maximum Gasteiger partial charge on any atom is 0.190 e. The summed E-state index contributed by atoms with van der Waals surface area (Å²) in [5.74, 6) is -1.52. The van der Waals surface area contributed by atoms with Gasteiger partial charge in [0, 0.05) is 30.9 Å². The van der Waals surface area contributed by atoms with Gasteiger partial charge in [0.25, 0.3) is 0 Å². The van der Waals surface area contributed by atoms with Crippen LogP contribution < -0.4 is 9.64 Å². The molecule has 0 aliphatic carbocycles. The number of rotatable bonds is 3. The Hall–Kier alpha value is -1.32. The predicted octanol–water partition coefficient (Wildman–Crippen LogP) is 2.96. The summed E-state index contributed by atoms with van der Waals surface area (Å²) in [5.41, 5.74) is 0.607. The van der Waals surface area contributed by atoms with Gasteiger partial charge in [0.15, 0.2) is 17.4 Å². The lowest BCUT2D eigenvalue weighted by atomic mass is 10.2. The lowest BCUT2D eigenvalue weighted by Crippen LogP contribution is -2.18. The van der Waals surface area contributed by atoms with Crippen molar-refractivity contribution >= 4 is 5.69 Å². The van der Waals surface area contributed by atoms with E-state index in [2.05, 4.69) is 0 Å². The fourth-order valence-corrected chi connectivity index (χ4v) is 1.99. The third-order valence-corrected chi connectivity index (χ3v) is 2.74. The zero-order chi connectivity index (χ0) is 11.5. The number of benzene rings is 1. The predicted molar refractivity (Wildman–Crippen MR) is 59.0 cm³/mol. The molecule has 88 valence electrons. The molecule has 2 rings (SSSR count). The summed E-state index contributed by atoms with van der Waals surface area (Å²) >= 11 is 0. The van der Waals surface area contributed by atoms with E-state index >= 15 is 0 Å². The molecule has 0 unspecified atom stereocenters. The second-order valence-corrected chi connectivity index (χ2v) is 3.87. The summed E-state index contributed by atoms with van der Waals surface area (Å²) in [7, 11) is 0. The van der Waals surface area contributed by atoms with E-state index in [1.165, 1.54) is 12.1 Å². The molecule has 1 heterocycles. The van der Waals surface area contributed by atoms with E-state index in [9.17, 15) is 8.78 Å². The third-order valence-electron chi connectivity index (χ3n) is 2.74. The first-order chi connectivity index (χ1) is 7.72. The van der Waals surface area contributed by atoms with Crippen molar-refractivity contribution in [1.29, 1.82) is 0 Å². The van der Waals surface area contributed by atoms with E-state index < -0.39 is 11.6 Å². The van der Waals surface area contributed by atoms with Crippen LogP contribution in [0.2, 0.25) is 0 Å². The van der Waals surface area contributed by atoms with Gasteiger partial charge >= 0.3 is 0 Å². The Labute approximate surface area is 93.8 Å². The molecule has 1 aliphatic heterocycles. The van der Waals surface area contributed by atoms with E-state index in [0.717, 1.165) is 25.9 Å². The normalized spacial score (nSPS) is 15.6. The smallest absolute Gasteiger partial charge is 0.190 e. The average Bonchev–Trinajstić information content (AvgIpc) is 2.76. The fraction of sp³-hybridized carbons (Fsp3) is 0.500. The monoisotopic (exact) mass is 227 g/mol. The SMILES string of the molecule is CCOc1c(F)cc(N2CCCC2)cc1F. The van der Waals surface area contributed by atoms with Crippen molar-refractivity contribution in [3.63, 3.8) is 0 Å². The summed E-state index contributed by atoms with van der Waals surface area (Å²) in [6.07, 6.45) is 2.16. The molecule has 0 spiro atoms. The van der Waals surface area contributed by atoms with Crippen LogP contribution in [0.1, 0.15) is 19.8 Å². The molecule has 1 fully saturated rings. The van der Waals surface area contributed by atoms with Gasteiger partial charge in [-0.1, -0.05) is 0 Å². The molecule has 4 heteroatoms. The minimum Gasteiger partial charge on any atom is -0.488 e. The van der Waals surface area contributed by atoms with Gasteiger partial charge in [-0.3, -0.25) is 0 Å². The second kappa shape index (κ2) is 4.68. The maximum absolute atomic E-state index is 13.6. The van der Waals surface area contributed by atoms with Crippen molar-refractivity contribution in [2.75, 3.05) is 24.6 Å². The highest BCUT2D eigenvalue weighted by molar-refractivity contribution is 5.51. The first kappa shape index (κ1) is 11.2. The van der Waals surface area contributed by atoms with Crippen LogP contribution in [-0.2, 0) is 0 Å². The zero-order valence-corrected chi connectivity index (χ0v) is 9.30. The Morgan fingerprint density at radius 1 is 1.19 bits per heavy atom. The van der Waals surface area contributed by atoms with Crippen molar-refractivity contribution < 1.29 is 13.5 Å². The molecular formula is C12H15F2NO. The van der Waals surface area contributed by atoms with E-state index in [1.54, 1.807) is 6.92 Å². The molecule has 1 aromatic rings. The first-order valence-electron chi connectivity index (χ1n) is 5.59. The van der Waals surface area contributed by atoms with Gasteiger partial charge in [0.05, 0.1) is 6.61 Å². The molecule has 0 atom stereocenters. The maximum atomic E-state index is 13.6. The van der Waals surface area contributed by atoms with Gasteiger partial charge in [-0.2, -0.15) is 0 Å². The minimum atomic E-state index is -0.622. The molecule has 0 saturated carbocycles. The Balaban J connectivity index is 2.28. The van der Waals surface area contributed by atoms with Crippen molar-refractivity contribution in [1.82, 2.24) is 0 Å². The fourth-order valence-electron chi connectivity index (χ4n) is 1.99. The molecule has 16 heavy (non-hydrogen) atoms. The summed E-state index contributed by atoms with van der Waals surface area (Å²) < 4.78 is 32.0. The van der Waals surface area contributed by atoms with Crippen LogP contribution in [0, 0.1) is 11.6 Å². The topological polar surface area (TPSA) is 12.5 Å². The van der Waals surface area contributed by atoms with Gasteiger partial charge < -0.3 is 9.64 Å². The van der Waals surface area contributed by atoms with Crippen LogP contribution in [0.5, 0.6) is 5.75 Å². The molecule has 1 aliphatic rings. The standard InChI is InChI=1S/C12H15F2NO/c1-2-16-12-10(13)7-9(8-11(12)14)15-5-3-4-6-15/h7-8H,2-6H2,1H3. The highest BCUT2D eigenvalue weighted by Gasteiger charge is 2.18. The van der Waals surface area contributed by atoms with Crippen LogP contribution in [0.4, 0.5) is 14.5 Å². The number of ether oxygens (including phenoxy) is 1. The molecule has 1 aromatic carbocycles. The van der Waals surface area contributed by atoms with Crippen LogP contribution in [0.15, 0.2) is 12.1 Å². The highest BCUT2D eigenvalue weighted by atomic mass is 19.1. The Bertz CT molecular complexity index is 352. The number of anilines is 1. The number of halogens is 2. The minimum absolute atomic E-state index is 0.261. The van der Waals surface area contributed by atoms with Crippen LogP contribution in [-0.4, -0.2) is 19.7 Å². The van der Waals surface area contributed by atoms with E-state index in [4.69, 9.17) is 4.74 Å². The Morgan fingerprint density at radius 3 is 2.25 bits per heavy atom. The van der Waals surface area contributed by atoms with Gasteiger partial charge in [0.2, 0.25) is 0 Å². The molecule has 0 amide bonds. The lowest BCUT2D eigenvalue weighted by molar-refractivity contribution is 0.303. The number of hydrogen-bond donors (Lipinski definition) is 0. The molecular weight excluding hydrogens is 212 g/mol. The molecule has 2 nitrogen and oxygen atoms in total. The molecule has 0 N–H and O–H groups in total. The van der Waals surface area contributed by atoms with Crippen molar-refractivity contribution in [2.24, 2.45) is 0 Å². The molecule has 1 saturated heterocycles. The Kier molecular flexibility index (Phi) is 3.27. The van der Waals surface area contributed by atoms with Crippen molar-refractivity contribution in [2.45, 2.75) is 19.8 Å². The van der Waals surface area contributed by atoms with Crippen molar-refractivity contribution in [3.05, 3.63) is 23.8 Å². The highest BCUT2D eigenvalue weighted by Crippen LogP contribution is 2.29. The lowest BCUT2D eigenvalue weighted by Gasteiger charge is -2.18. The quantitative estimate of drug-likeness (QED) is 0.787. The van der Waals surface area contributed by atoms with Gasteiger partial charge in [-0.15, -0.1) is 0 Å². The van der Waals surface area contributed by atoms with Gasteiger partial charge in [-0.25, -0.2) is 8.78 Å². The van der Waals surface area contributed by atoms with Gasteiger partial charge in [0.1, 0.15) is 0 Å². The van der Waals surface area contributed by atoms with Gasteiger partial charge in [-0.05, 0) is 19.8 Å². The van der Waals surface area contributed by atoms with Crippen molar-refractivity contribution in [3.8, 4) is 5.75 Å². The van der Waals surface area contributed by atoms with Crippen LogP contribution in [0.25, 0.3) is 0 Å². The average molecular weight is 227 g/mol. The van der Waals surface area contributed by atoms with E-state index in [1.807, 2.05) is 4.90 Å². The van der Waals surface area contributed by atoms with E-state index in [0.29, 0.717) is 5.69 Å². The number of nitrogens with zero attached hydrogens (tertiary/aromatic N) is 1. The molecule has 0 bridgehead atoms. The Morgan fingerprint density at radius 2 is 1.75 bits per heavy atom. The van der Waals surface area contributed by atoms with Crippen LogP contribution >= 0.6 is 0 Å². The summed E-state index contributed by atoms with van der Waals surface area (Å²) in [5, 5.41) is 0. The summed E-state index contributed by atoms with van der Waals surface area (Å²) in [6, 6.07) is 2.69. The number of hydrogen-bond acceptors (Lipinski definition) is 2. The third kappa shape index (κ3) is 2.10. The molecule has 0 radical (unpaired) electrons. The largest absolute Gasteiger partial charge is 0.488 e. The zero-order valence-electron chi connectivity index (χ0n) is 9.30. The van der Waals surface area contributed by atoms with E-state index in [-0.39, 0.29) is 12.4 Å². The second-order valence-electron chi connectivity index (χ2n) is 3.87. The summed E-state index contributed by atoms with van der Waals surface area (Å²) in [4.78, 5) is 1.99. The summed E-state index contributed by atoms with van der Waals surface area (Å²) in [6.45, 7) is 3.70. The molecule has 0 aromatic heterocycles.